The van der Waals surface area contributed by atoms with E-state index in [9.17, 15) is 13.2 Å². The van der Waals surface area contributed by atoms with Gasteiger partial charge in [-0.15, -0.1) is 0 Å². The van der Waals surface area contributed by atoms with Gasteiger partial charge < -0.3 is 5.32 Å². The van der Waals surface area contributed by atoms with Gasteiger partial charge in [0.05, 0.1) is 11.4 Å². The second kappa shape index (κ2) is 10.0. The smallest absolute Gasteiger partial charge is 0.243 e. The average molecular weight is 491 g/mol. The van der Waals surface area contributed by atoms with E-state index in [2.05, 4.69) is 5.32 Å². The molecule has 3 aromatic rings. The summed E-state index contributed by atoms with van der Waals surface area (Å²) in [7, 11) is -4.00. The number of hydrogen-bond donors (Lipinski definition) is 1. The van der Waals surface area contributed by atoms with Crippen molar-refractivity contribution < 1.29 is 13.2 Å². The van der Waals surface area contributed by atoms with Crippen LogP contribution in [-0.4, -0.2) is 25.2 Å². The van der Waals surface area contributed by atoms with E-state index >= 15 is 0 Å². The summed E-state index contributed by atoms with van der Waals surface area (Å²) in [5.41, 5.74) is 3.94. The number of halogens is 2. The maximum atomic E-state index is 13.4. The molecule has 0 aliphatic heterocycles. The van der Waals surface area contributed by atoms with Crippen molar-refractivity contribution >= 4 is 44.8 Å². The summed E-state index contributed by atoms with van der Waals surface area (Å²) in [5, 5.41) is 3.48. The topological polar surface area (TPSA) is 66.5 Å². The van der Waals surface area contributed by atoms with E-state index in [1.165, 1.54) is 12.1 Å². The highest BCUT2D eigenvalue weighted by molar-refractivity contribution is 7.89. The second-order valence-electron chi connectivity index (χ2n) is 7.58. The first kappa shape index (κ1) is 24.3. The van der Waals surface area contributed by atoms with E-state index in [1.807, 2.05) is 32.9 Å². The van der Waals surface area contributed by atoms with E-state index < -0.39 is 22.5 Å². The average Bonchev–Trinajstić information content (AvgIpc) is 2.73. The summed E-state index contributed by atoms with van der Waals surface area (Å²) in [4.78, 5) is 13.0. The molecular weight excluding hydrogens is 467 g/mol. The molecule has 32 heavy (non-hydrogen) atoms. The Bertz CT molecular complexity index is 1220. The van der Waals surface area contributed by atoms with Gasteiger partial charge in [0, 0.05) is 27.8 Å². The third-order valence-corrected chi connectivity index (χ3v) is 7.77. The van der Waals surface area contributed by atoms with Crippen LogP contribution in [0.5, 0.6) is 0 Å². The molecule has 1 amide bonds. The molecule has 0 unspecified atom stereocenters. The minimum Gasteiger partial charge on any atom is -0.325 e. The van der Waals surface area contributed by atoms with Gasteiger partial charge >= 0.3 is 0 Å². The molecule has 0 bridgehead atoms. The molecule has 0 fully saturated rings. The SMILES string of the molecule is Cc1ccc(S(=O)(=O)N(CC(=O)Nc2cccc(C)c2C)Cc2c(Cl)cccc2Cl)cc1. The van der Waals surface area contributed by atoms with Crippen molar-refractivity contribution in [2.24, 2.45) is 0 Å². The number of hydrogen-bond acceptors (Lipinski definition) is 3. The van der Waals surface area contributed by atoms with Crippen molar-refractivity contribution in [3.05, 3.63) is 93.0 Å². The first-order chi connectivity index (χ1) is 15.1. The number of sulfonamides is 1. The summed E-state index contributed by atoms with van der Waals surface area (Å²) in [5.74, 6) is -0.461. The Kier molecular flexibility index (Phi) is 7.62. The van der Waals surface area contributed by atoms with Crippen LogP contribution in [0.2, 0.25) is 10.0 Å². The number of anilines is 1. The number of amides is 1. The van der Waals surface area contributed by atoms with Crippen LogP contribution in [0.4, 0.5) is 5.69 Å². The molecule has 3 rings (SSSR count). The molecule has 1 N–H and O–H groups in total. The summed E-state index contributed by atoms with van der Waals surface area (Å²) >= 11 is 12.6. The summed E-state index contributed by atoms with van der Waals surface area (Å²) in [6.45, 7) is 5.17. The third-order valence-electron chi connectivity index (χ3n) is 5.25. The van der Waals surface area contributed by atoms with Crippen LogP contribution >= 0.6 is 23.2 Å². The Morgan fingerprint density at radius 3 is 2.12 bits per heavy atom. The fourth-order valence-corrected chi connectivity index (χ4v) is 5.06. The monoisotopic (exact) mass is 490 g/mol. The quantitative estimate of drug-likeness (QED) is 0.458. The Labute approximate surface area is 199 Å². The number of aryl methyl sites for hydroxylation is 2. The number of rotatable bonds is 7. The molecule has 0 spiro atoms. The standard InChI is InChI=1S/C24H24Cl2N2O3S/c1-16-10-12-19(13-11-16)32(30,31)28(14-20-21(25)7-5-8-22(20)26)15-24(29)27-23-9-4-6-17(2)18(23)3/h4-13H,14-15H2,1-3H3,(H,27,29). The zero-order chi connectivity index (χ0) is 23.5. The molecule has 8 heteroatoms. The normalized spacial score (nSPS) is 11.6. The predicted molar refractivity (Wildman–Crippen MR) is 130 cm³/mol. The molecule has 0 saturated carbocycles. The number of benzene rings is 3. The lowest BCUT2D eigenvalue weighted by molar-refractivity contribution is -0.116. The molecule has 0 heterocycles. The lowest BCUT2D eigenvalue weighted by atomic mass is 10.1. The number of carbonyl (C=O) groups is 1. The zero-order valence-corrected chi connectivity index (χ0v) is 20.4. The van der Waals surface area contributed by atoms with Crippen molar-refractivity contribution in [3.63, 3.8) is 0 Å². The van der Waals surface area contributed by atoms with Crippen LogP contribution in [0.25, 0.3) is 0 Å². The Balaban J connectivity index is 1.95. The van der Waals surface area contributed by atoms with Gasteiger partial charge in [-0.25, -0.2) is 8.42 Å². The van der Waals surface area contributed by atoms with Crippen molar-refractivity contribution in [1.29, 1.82) is 0 Å². The summed E-state index contributed by atoms with van der Waals surface area (Å²) < 4.78 is 28.0. The number of nitrogens with zero attached hydrogens (tertiary/aromatic N) is 1. The van der Waals surface area contributed by atoms with Crippen LogP contribution in [-0.2, 0) is 21.4 Å². The second-order valence-corrected chi connectivity index (χ2v) is 10.3. The fourth-order valence-electron chi connectivity index (χ4n) is 3.18. The Morgan fingerprint density at radius 1 is 0.906 bits per heavy atom. The molecule has 0 saturated heterocycles. The largest absolute Gasteiger partial charge is 0.325 e. The molecule has 5 nitrogen and oxygen atoms in total. The van der Waals surface area contributed by atoms with Gasteiger partial charge in [0.15, 0.2) is 0 Å². The lowest BCUT2D eigenvalue weighted by Gasteiger charge is -2.23. The van der Waals surface area contributed by atoms with E-state index in [0.29, 0.717) is 21.3 Å². The molecule has 0 aliphatic carbocycles. The molecule has 0 aromatic heterocycles. The molecular formula is C24H24Cl2N2O3S. The first-order valence-electron chi connectivity index (χ1n) is 9.95. The van der Waals surface area contributed by atoms with Gasteiger partial charge in [0.2, 0.25) is 15.9 Å². The summed E-state index contributed by atoms with van der Waals surface area (Å²) in [6.07, 6.45) is 0. The van der Waals surface area contributed by atoms with E-state index in [1.54, 1.807) is 36.4 Å². The maximum Gasteiger partial charge on any atom is 0.243 e. The van der Waals surface area contributed by atoms with Crippen LogP contribution in [0, 0.1) is 20.8 Å². The maximum absolute atomic E-state index is 13.4. The van der Waals surface area contributed by atoms with Crippen LogP contribution in [0.15, 0.2) is 65.6 Å². The highest BCUT2D eigenvalue weighted by Gasteiger charge is 2.28. The molecule has 0 atom stereocenters. The zero-order valence-electron chi connectivity index (χ0n) is 18.0. The lowest BCUT2D eigenvalue weighted by Crippen LogP contribution is -2.37. The number of carbonyl (C=O) groups excluding carboxylic acids is 1. The van der Waals surface area contributed by atoms with Gasteiger partial charge in [-0.05, 0) is 62.2 Å². The highest BCUT2D eigenvalue weighted by Crippen LogP contribution is 2.28. The van der Waals surface area contributed by atoms with Gasteiger partial charge in [0.1, 0.15) is 0 Å². The van der Waals surface area contributed by atoms with Gasteiger partial charge in [-0.3, -0.25) is 4.79 Å². The number of nitrogens with one attached hydrogen (secondary N) is 1. The van der Waals surface area contributed by atoms with Crippen molar-refractivity contribution in [3.8, 4) is 0 Å². The van der Waals surface area contributed by atoms with Crippen molar-refractivity contribution in [1.82, 2.24) is 4.31 Å². The van der Waals surface area contributed by atoms with Crippen LogP contribution < -0.4 is 5.32 Å². The summed E-state index contributed by atoms with van der Waals surface area (Å²) in [6, 6.07) is 17.0. The van der Waals surface area contributed by atoms with E-state index in [-0.39, 0.29) is 11.4 Å². The molecule has 0 aliphatic rings. The highest BCUT2D eigenvalue weighted by atomic mass is 35.5. The van der Waals surface area contributed by atoms with Crippen LogP contribution in [0.1, 0.15) is 22.3 Å². The Morgan fingerprint density at radius 2 is 1.50 bits per heavy atom. The van der Waals surface area contributed by atoms with Gasteiger partial charge in [0.25, 0.3) is 0 Å². The van der Waals surface area contributed by atoms with E-state index in [4.69, 9.17) is 23.2 Å². The predicted octanol–water partition coefficient (Wildman–Crippen LogP) is 5.75. The van der Waals surface area contributed by atoms with Gasteiger partial charge in [-0.2, -0.15) is 4.31 Å². The Hall–Kier alpha value is -2.38. The van der Waals surface area contributed by atoms with Crippen molar-refractivity contribution in [2.45, 2.75) is 32.2 Å². The van der Waals surface area contributed by atoms with Crippen LogP contribution in [0.3, 0.4) is 0 Å². The molecule has 0 radical (unpaired) electrons. The molecule has 3 aromatic carbocycles. The van der Waals surface area contributed by atoms with Gasteiger partial charge in [-0.1, -0.05) is 59.1 Å². The minimum absolute atomic E-state index is 0.0887. The fraction of sp³-hybridized carbons (Fsp3) is 0.208. The minimum atomic E-state index is -4.00. The van der Waals surface area contributed by atoms with Crippen molar-refractivity contribution in [2.75, 3.05) is 11.9 Å². The first-order valence-corrected chi connectivity index (χ1v) is 12.1. The van der Waals surface area contributed by atoms with E-state index in [0.717, 1.165) is 21.0 Å². The molecule has 168 valence electrons. The third kappa shape index (κ3) is 5.51.